The zero-order chi connectivity index (χ0) is 16.8. The summed E-state index contributed by atoms with van der Waals surface area (Å²) in [4.78, 5) is 11.5. The van der Waals surface area contributed by atoms with Crippen molar-refractivity contribution in [2.45, 2.75) is 81.4 Å². The van der Waals surface area contributed by atoms with E-state index in [0.717, 1.165) is 16.9 Å². The number of nitrogens with zero attached hydrogens (tertiary/aromatic N) is 2. The van der Waals surface area contributed by atoms with E-state index in [1.807, 2.05) is 6.26 Å². The fraction of sp³-hybridized carbons (Fsp3) is 0.812. The molecule has 1 heterocycles. The largest absolute Gasteiger partial charge is 0.309 e. The number of aromatic nitrogens is 3. The molecule has 0 saturated heterocycles. The minimum Gasteiger partial charge on any atom is -0.309 e. The quantitative estimate of drug-likeness (QED) is 0.186. The van der Waals surface area contributed by atoms with E-state index in [0.29, 0.717) is 4.77 Å². The molecule has 0 saturated carbocycles. The molecule has 0 aromatic carbocycles. The van der Waals surface area contributed by atoms with Crippen molar-refractivity contribution in [3.63, 3.8) is 0 Å². The number of unbranched alkanes of at least 4 members (excludes halogenated alkanes) is 9. The second kappa shape index (κ2) is 14.3. The van der Waals surface area contributed by atoms with Gasteiger partial charge in [-0.3, -0.25) is 4.72 Å². The summed E-state index contributed by atoms with van der Waals surface area (Å²) in [5, 5.41) is 1.51. The summed E-state index contributed by atoms with van der Waals surface area (Å²) in [6.45, 7) is 3.27. The van der Waals surface area contributed by atoms with Crippen molar-refractivity contribution in [2.24, 2.45) is 0 Å². The van der Waals surface area contributed by atoms with E-state index < -0.39 is 0 Å². The summed E-state index contributed by atoms with van der Waals surface area (Å²) in [6, 6.07) is 0. The Morgan fingerprint density at radius 1 is 0.957 bits per heavy atom. The van der Waals surface area contributed by atoms with Crippen LogP contribution in [0.15, 0.2) is 10.3 Å². The van der Waals surface area contributed by atoms with Crippen LogP contribution in [0.3, 0.4) is 0 Å². The summed E-state index contributed by atoms with van der Waals surface area (Å²) >= 11 is 8.10. The lowest BCUT2D eigenvalue weighted by atomic mass is 10.1. The summed E-state index contributed by atoms with van der Waals surface area (Å²) in [7, 11) is 0. The molecule has 0 aliphatic heterocycles. The van der Waals surface area contributed by atoms with Crippen LogP contribution < -0.4 is 4.72 Å². The average molecular weight is 375 g/mol. The molecule has 0 fully saturated rings. The van der Waals surface area contributed by atoms with Crippen molar-refractivity contribution in [3.05, 3.63) is 4.77 Å². The van der Waals surface area contributed by atoms with Gasteiger partial charge in [0.05, 0.1) is 0 Å². The predicted molar refractivity (Wildman–Crippen MR) is 105 cm³/mol. The van der Waals surface area contributed by atoms with Gasteiger partial charge in [-0.25, -0.2) is 0 Å². The minimum absolute atomic E-state index is 0.493. The van der Waals surface area contributed by atoms with Crippen LogP contribution in [0.4, 0.5) is 0 Å². The van der Waals surface area contributed by atoms with Crippen LogP contribution in [0.1, 0.15) is 71.1 Å². The molecule has 1 aromatic heterocycles. The first-order chi connectivity index (χ1) is 11.3. The van der Waals surface area contributed by atoms with Crippen LogP contribution in [0.25, 0.3) is 0 Å². The van der Waals surface area contributed by atoms with Crippen molar-refractivity contribution in [3.8, 4) is 0 Å². The van der Waals surface area contributed by atoms with Crippen LogP contribution in [-0.2, 0) is 0 Å². The first-order valence-corrected chi connectivity index (χ1v) is 11.1. The van der Waals surface area contributed by atoms with E-state index in [9.17, 15) is 0 Å². The van der Waals surface area contributed by atoms with Crippen LogP contribution in [0.5, 0.6) is 0 Å². The normalized spacial score (nSPS) is 11.0. The molecule has 132 valence electrons. The Bertz CT molecular complexity index is 465. The third-order valence-electron chi connectivity index (χ3n) is 3.59. The van der Waals surface area contributed by atoms with E-state index >= 15 is 0 Å². The number of H-pyrrole nitrogens is 1. The van der Waals surface area contributed by atoms with E-state index in [2.05, 4.69) is 26.6 Å². The van der Waals surface area contributed by atoms with Gasteiger partial charge in [0.25, 0.3) is 0 Å². The smallest absolute Gasteiger partial charge is 0.201 e. The molecule has 7 heteroatoms. The summed E-state index contributed by atoms with van der Waals surface area (Å²) < 4.78 is 3.84. The predicted octanol–water partition coefficient (Wildman–Crippen LogP) is 5.77. The Morgan fingerprint density at radius 2 is 1.57 bits per heavy atom. The van der Waals surface area contributed by atoms with Gasteiger partial charge >= 0.3 is 0 Å². The molecule has 0 spiro atoms. The fourth-order valence-corrected chi connectivity index (χ4v) is 3.68. The molecule has 0 unspecified atom stereocenters. The molecular formula is C16H30N4S3. The molecule has 0 bridgehead atoms. The van der Waals surface area contributed by atoms with Gasteiger partial charge < -0.3 is 4.98 Å². The number of rotatable bonds is 14. The van der Waals surface area contributed by atoms with Gasteiger partial charge in [0, 0.05) is 6.54 Å². The molecule has 0 atom stereocenters. The maximum Gasteiger partial charge on any atom is 0.201 e. The Labute approximate surface area is 154 Å². The van der Waals surface area contributed by atoms with Crippen LogP contribution in [-0.4, -0.2) is 27.8 Å². The highest BCUT2D eigenvalue weighted by Crippen LogP contribution is 2.14. The molecular weight excluding hydrogens is 344 g/mol. The third kappa shape index (κ3) is 11.1. The van der Waals surface area contributed by atoms with Gasteiger partial charge in [0.15, 0.2) is 10.3 Å². The summed E-state index contributed by atoms with van der Waals surface area (Å²) in [6.07, 6.45) is 15.6. The van der Waals surface area contributed by atoms with E-state index in [1.165, 1.54) is 87.9 Å². The first-order valence-electron chi connectivity index (χ1n) is 8.68. The van der Waals surface area contributed by atoms with Crippen LogP contribution in [0.2, 0.25) is 0 Å². The highest BCUT2D eigenvalue weighted by molar-refractivity contribution is 7.98. The van der Waals surface area contributed by atoms with E-state index in [1.54, 1.807) is 0 Å². The van der Waals surface area contributed by atoms with Crippen molar-refractivity contribution in [1.29, 1.82) is 0 Å². The minimum atomic E-state index is 0.493. The summed E-state index contributed by atoms with van der Waals surface area (Å²) in [5.74, 6) is 0. The Hall–Kier alpha value is -0.110. The van der Waals surface area contributed by atoms with Gasteiger partial charge in [0.1, 0.15) is 0 Å². The van der Waals surface area contributed by atoms with Gasteiger partial charge in [-0.05, 0) is 36.8 Å². The van der Waals surface area contributed by atoms with Gasteiger partial charge in [-0.2, -0.15) is 9.97 Å². The maximum absolute atomic E-state index is 5.09. The fourth-order valence-electron chi connectivity index (χ4n) is 2.29. The van der Waals surface area contributed by atoms with Crippen molar-refractivity contribution < 1.29 is 0 Å². The molecule has 4 nitrogen and oxygen atoms in total. The van der Waals surface area contributed by atoms with Crippen molar-refractivity contribution in [1.82, 2.24) is 19.7 Å². The van der Waals surface area contributed by atoms with Crippen molar-refractivity contribution >= 4 is 35.9 Å². The molecule has 0 aliphatic carbocycles. The highest BCUT2D eigenvalue weighted by atomic mass is 32.2. The molecule has 1 rings (SSSR count). The molecule has 23 heavy (non-hydrogen) atoms. The molecule has 2 N–H and O–H groups in total. The van der Waals surface area contributed by atoms with E-state index in [4.69, 9.17) is 12.2 Å². The second-order valence-corrected chi connectivity index (χ2v) is 7.66. The lowest BCUT2D eigenvalue weighted by Gasteiger charge is -2.05. The summed E-state index contributed by atoms with van der Waals surface area (Å²) in [5.41, 5.74) is 0. The van der Waals surface area contributed by atoms with Gasteiger partial charge in [0.2, 0.25) is 4.77 Å². The van der Waals surface area contributed by atoms with E-state index in [-0.39, 0.29) is 0 Å². The monoisotopic (exact) mass is 374 g/mol. The SMILES string of the molecule is CCCCCCCCCCCCNSc1nc(SC)nc(=S)[nH]1. The molecule has 0 amide bonds. The maximum atomic E-state index is 5.09. The number of aromatic amines is 1. The Balaban J connectivity index is 1.95. The standard InChI is InChI=1S/C16H30N4S3/c1-3-4-5-6-7-8-9-10-11-12-13-17-23-16-19-14(21)18-15(20-16)22-2/h17H,3-13H2,1-2H3,(H,18,19,20,21). The average Bonchev–Trinajstić information content (AvgIpc) is 2.55. The number of nitrogens with one attached hydrogen (secondary N) is 2. The number of hydrogen-bond donors (Lipinski definition) is 2. The zero-order valence-corrected chi connectivity index (χ0v) is 16.8. The van der Waals surface area contributed by atoms with Crippen LogP contribution in [0, 0.1) is 4.77 Å². The first kappa shape index (κ1) is 20.9. The molecule has 0 aliphatic rings. The number of thioether (sulfide) groups is 1. The third-order valence-corrected chi connectivity index (χ3v) is 5.07. The van der Waals surface area contributed by atoms with Gasteiger partial charge in [-0.1, -0.05) is 76.5 Å². The zero-order valence-electron chi connectivity index (χ0n) is 14.4. The molecule has 0 radical (unpaired) electrons. The second-order valence-electron chi connectivity index (χ2n) is 5.62. The molecule has 1 aromatic rings. The van der Waals surface area contributed by atoms with Crippen LogP contribution >= 0.6 is 35.9 Å². The highest BCUT2D eigenvalue weighted by Gasteiger charge is 2.00. The van der Waals surface area contributed by atoms with Gasteiger partial charge in [-0.15, -0.1) is 0 Å². The van der Waals surface area contributed by atoms with Crippen molar-refractivity contribution in [2.75, 3.05) is 12.8 Å². The lowest BCUT2D eigenvalue weighted by Crippen LogP contribution is -2.07. The Morgan fingerprint density at radius 3 is 2.17 bits per heavy atom. The number of hydrogen-bond acceptors (Lipinski definition) is 6. The Kier molecular flexibility index (Phi) is 13.0. The topological polar surface area (TPSA) is 53.6 Å². The lowest BCUT2D eigenvalue weighted by molar-refractivity contribution is 0.556.